The van der Waals surface area contributed by atoms with Crippen molar-refractivity contribution in [1.29, 1.82) is 5.26 Å². The lowest BCUT2D eigenvalue weighted by Crippen LogP contribution is -2.43. The summed E-state index contributed by atoms with van der Waals surface area (Å²) in [5, 5.41) is 17.1. The zero-order valence-corrected chi connectivity index (χ0v) is 16.1. The van der Waals surface area contributed by atoms with Crippen LogP contribution in [0.3, 0.4) is 0 Å². The maximum absolute atomic E-state index is 12.4. The molecule has 2 saturated carbocycles. The normalized spacial score (nSPS) is 25.1. The highest BCUT2D eigenvalue weighted by atomic mass is 32.2. The molecule has 3 fully saturated rings. The molecule has 0 aromatic rings. The van der Waals surface area contributed by atoms with Crippen LogP contribution in [0.15, 0.2) is 0 Å². The summed E-state index contributed by atoms with van der Waals surface area (Å²) >= 11 is 0. The molecule has 0 aromatic heterocycles. The Morgan fingerprint density at radius 2 is 1.85 bits per heavy atom. The van der Waals surface area contributed by atoms with E-state index >= 15 is 0 Å². The number of nitrogens with zero attached hydrogens (tertiary/aromatic N) is 2. The molecule has 0 aromatic carbocycles. The highest BCUT2D eigenvalue weighted by Crippen LogP contribution is 2.37. The Bertz CT molecular complexity index is 665. The van der Waals surface area contributed by atoms with E-state index in [2.05, 4.69) is 0 Å². The summed E-state index contributed by atoms with van der Waals surface area (Å²) in [5.41, 5.74) is 0. The first-order valence-corrected chi connectivity index (χ1v) is 11.0. The lowest BCUT2D eigenvalue weighted by molar-refractivity contribution is -0.139. The molecule has 10 heteroatoms. The van der Waals surface area contributed by atoms with Crippen LogP contribution in [0.5, 0.6) is 0 Å². The first kappa shape index (κ1) is 21.4. The van der Waals surface area contributed by atoms with Crippen molar-refractivity contribution in [3.63, 3.8) is 0 Å². The summed E-state index contributed by atoms with van der Waals surface area (Å²) in [7, 11) is -2.99. The zero-order chi connectivity index (χ0) is 19.9. The fourth-order valence-corrected chi connectivity index (χ4v) is 5.68. The number of hydrogen-bond acceptors (Lipinski definition) is 6. The number of morpholine rings is 1. The van der Waals surface area contributed by atoms with E-state index in [0.29, 0.717) is 50.8 Å². The molecule has 1 saturated heterocycles. The van der Waals surface area contributed by atoms with Gasteiger partial charge in [-0.3, -0.25) is 4.79 Å². The van der Waals surface area contributed by atoms with Crippen molar-refractivity contribution in [2.24, 2.45) is 11.8 Å². The Morgan fingerprint density at radius 1 is 1.19 bits per heavy atom. The summed E-state index contributed by atoms with van der Waals surface area (Å²) in [6.45, 7) is 2.35. The number of carboxylic acid groups (broad SMARTS) is 1. The molecule has 1 aliphatic heterocycles. The van der Waals surface area contributed by atoms with Crippen LogP contribution in [0.25, 0.3) is 0 Å². The third-order valence-electron chi connectivity index (χ3n) is 5.05. The molecule has 1 heterocycles. The number of nitriles is 1. The monoisotopic (exact) mass is 401 g/mol. The lowest BCUT2D eigenvalue weighted by Gasteiger charge is -2.29. The van der Waals surface area contributed by atoms with Crippen LogP contribution in [0.1, 0.15) is 32.1 Å². The van der Waals surface area contributed by atoms with Gasteiger partial charge < -0.3 is 20.1 Å². The molecule has 3 aliphatic rings. The molecule has 2 atom stereocenters. The van der Waals surface area contributed by atoms with Gasteiger partial charge in [-0.25, -0.2) is 13.2 Å². The zero-order valence-electron chi connectivity index (χ0n) is 15.3. The van der Waals surface area contributed by atoms with Crippen LogP contribution in [0.2, 0.25) is 0 Å². The van der Waals surface area contributed by atoms with Crippen molar-refractivity contribution >= 4 is 21.8 Å². The maximum Gasteiger partial charge on any atom is 0.405 e. The quantitative estimate of drug-likeness (QED) is 0.644. The van der Waals surface area contributed by atoms with Gasteiger partial charge in [0.25, 0.3) is 0 Å². The van der Waals surface area contributed by atoms with Crippen LogP contribution < -0.4 is 5.32 Å². The van der Waals surface area contributed by atoms with E-state index in [0.717, 1.165) is 19.3 Å². The van der Waals surface area contributed by atoms with Gasteiger partial charge in [0.2, 0.25) is 5.91 Å². The van der Waals surface area contributed by atoms with E-state index in [1.54, 1.807) is 6.07 Å². The van der Waals surface area contributed by atoms with Crippen LogP contribution in [-0.2, 0) is 19.4 Å². The molecule has 0 unspecified atom stereocenters. The summed E-state index contributed by atoms with van der Waals surface area (Å²) in [5.74, 6) is 0.786. The third kappa shape index (κ3) is 6.99. The minimum absolute atomic E-state index is 0.0907. The van der Waals surface area contributed by atoms with Gasteiger partial charge >= 0.3 is 6.09 Å². The Hall–Kier alpha value is -1.86. The Labute approximate surface area is 159 Å². The highest BCUT2D eigenvalue weighted by molar-refractivity contribution is 7.92. The Kier molecular flexibility index (Phi) is 7.86. The van der Waals surface area contributed by atoms with Crippen molar-refractivity contribution in [3.8, 4) is 6.07 Å². The van der Waals surface area contributed by atoms with E-state index in [-0.39, 0.29) is 23.6 Å². The predicted octanol–water partition coefficient (Wildman–Crippen LogP) is 0.616. The largest absolute Gasteiger partial charge is 0.465 e. The van der Waals surface area contributed by atoms with Gasteiger partial charge in [-0.2, -0.15) is 5.26 Å². The van der Waals surface area contributed by atoms with E-state index in [4.69, 9.17) is 15.1 Å². The molecule has 0 radical (unpaired) electrons. The Balaban J connectivity index is 0.000000321. The maximum atomic E-state index is 12.4. The number of amides is 2. The van der Waals surface area contributed by atoms with Crippen molar-refractivity contribution in [3.05, 3.63) is 0 Å². The van der Waals surface area contributed by atoms with Crippen LogP contribution in [0, 0.1) is 23.2 Å². The number of carbonyl (C=O) groups is 2. The first-order valence-electron chi connectivity index (χ1n) is 9.25. The van der Waals surface area contributed by atoms with Crippen LogP contribution in [0.4, 0.5) is 4.79 Å². The second kappa shape index (κ2) is 9.90. The second-order valence-electron chi connectivity index (χ2n) is 7.16. The fraction of sp³-hybridized carbons (Fsp3) is 0.824. The van der Waals surface area contributed by atoms with Crippen molar-refractivity contribution < 1.29 is 27.9 Å². The predicted molar refractivity (Wildman–Crippen MR) is 96.7 cm³/mol. The molecular weight excluding hydrogens is 374 g/mol. The minimum Gasteiger partial charge on any atom is -0.465 e. The molecular formula is C17H27N3O6S. The van der Waals surface area contributed by atoms with Gasteiger partial charge in [-0.1, -0.05) is 0 Å². The van der Waals surface area contributed by atoms with Crippen molar-refractivity contribution in [1.82, 2.24) is 10.2 Å². The molecule has 2 amide bonds. The molecule has 0 spiro atoms. The first-order chi connectivity index (χ1) is 12.8. The molecule has 3 rings (SSSR count). The van der Waals surface area contributed by atoms with Crippen molar-refractivity contribution in [2.75, 3.05) is 38.6 Å². The van der Waals surface area contributed by atoms with E-state index in [1.807, 2.05) is 10.2 Å². The Morgan fingerprint density at radius 3 is 2.37 bits per heavy atom. The minimum atomic E-state index is -2.99. The molecule has 0 bridgehead atoms. The molecule has 9 nitrogen and oxygen atoms in total. The average molecular weight is 401 g/mol. The molecule has 2 aliphatic carbocycles. The molecule has 152 valence electrons. The highest BCUT2D eigenvalue weighted by Gasteiger charge is 2.41. The standard InChI is InChI=1S/C14H23NO4S.C3H4N2O2/c16-14(15-5-7-19-8-6-15)12-3-4-13(9-12)20(17,18)10-11-1-2-11;4-1-2-5-3(6)7/h11-13H,1-10H2;5H,2H2,(H,6,7)/t12-,13-;/m1./s1. The van der Waals surface area contributed by atoms with Gasteiger partial charge in [-0.15, -0.1) is 0 Å². The van der Waals surface area contributed by atoms with Gasteiger partial charge in [0, 0.05) is 19.0 Å². The second-order valence-corrected chi connectivity index (χ2v) is 9.49. The van der Waals surface area contributed by atoms with Crippen LogP contribution >= 0.6 is 0 Å². The summed E-state index contributed by atoms with van der Waals surface area (Å²) in [6.07, 6.45) is 2.87. The van der Waals surface area contributed by atoms with Gasteiger partial charge in [-0.05, 0) is 38.0 Å². The van der Waals surface area contributed by atoms with E-state index in [9.17, 15) is 18.0 Å². The summed E-state index contributed by atoms with van der Waals surface area (Å²) < 4.78 is 29.8. The smallest absolute Gasteiger partial charge is 0.405 e. The van der Waals surface area contributed by atoms with Crippen molar-refractivity contribution in [2.45, 2.75) is 37.4 Å². The van der Waals surface area contributed by atoms with Crippen LogP contribution in [-0.4, -0.2) is 74.3 Å². The van der Waals surface area contributed by atoms with Gasteiger partial charge in [0.05, 0.1) is 30.3 Å². The molecule has 27 heavy (non-hydrogen) atoms. The van der Waals surface area contributed by atoms with Gasteiger partial charge in [0.15, 0.2) is 9.84 Å². The number of nitrogens with one attached hydrogen (secondary N) is 1. The topological polar surface area (TPSA) is 137 Å². The third-order valence-corrected chi connectivity index (χ3v) is 7.43. The number of ether oxygens (including phenoxy) is 1. The number of carbonyl (C=O) groups excluding carboxylic acids is 1. The van der Waals surface area contributed by atoms with E-state index in [1.165, 1.54) is 0 Å². The average Bonchev–Trinajstić information content (AvgIpc) is 3.30. The summed E-state index contributed by atoms with van der Waals surface area (Å²) in [6, 6.07) is 1.61. The van der Waals surface area contributed by atoms with E-state index < -0.39 is 15.9 Å². The lowest BCUT2D eigenvalue weighted by atomic mass is 10.1. The summed E-state index contributed by atoms with van der Waals surface area (Å²) in [4.78, 5) is 23.7. The SMILES string of the molecule is N#CCNC(=O)O.O=C([C@@H]1CC[C@@H](S(=O)(=O)CC2CC2)C1)N1CCOCC1. The van der Waals surface area contributed by atoms with Gasteiger partial charge in [0.1, 0.15) is 6.54 Å². The number of hydrogen-bond donors (Lipinski definition) is 2. The number of sulfone groups is 1. The fourth-order valence-electron chi connectivity index (χ4n) is 3.40. The molecule has 2 N–H and O–H groups in total. The number of rotatable bonds is 5.